The largest absolute Gasteiger partial charge is 0.463 e. The highest BCUT2D eigenvalue weighted by Crippen LogP contribution is 2.35. The quantitative estimate of drug-likeness (QED) is 0.633. The number of rotatable bonds is 5. The summed E-state index contributed by atoms with van der Waals surface area (Å²) in [5.41, 5.74) is 4.98. The zero-order valence-corrected chi connectivity index (χ0v) is 15.4. The first kappa shape index (κ1) is 20.2. The van der Waals surface area contributed by atoms with Crippen LogP contribution in [0.3, 0.4) is 0 Å². The molecule has 29 heavy (non-hydrogen) atoms. The molecule has 1 aliphatic heterocycles. The Kier molecular flexibility index (Phi) is 5.46. The van der Waals surface area contributed by atoms with Crippen LogP contribution in [0.4, 0.5) is 10.3 Å². The van der Waals surface area contributed by atoms with Crippen molar-refractivity contribution in [2.75, 3.05) is 12.3 Å². The van der Waals surface area contributed by atoms with Gasteiger partial charge in [-0.25, -0.2) is 18.7 Å². The van der Waals surface area contributed by atoms with E-state index in [9.17, 15) is 18.8 Å². The van der Waals surface area contributed by atoms with Crippen LogP contribution in [0.1, 0.15) is 20.1 Å². The lowest BCUT2D eigenvalue weighted by Crippen LogP contribution is -2.37. The predicted octanol–water partition coefficient (Wildman–Crippen LogP) is -0.571. The van der Waals surface area contributed by atoms with Gasteiger partial charge in [-0.1, -0.05) is 0 Å². The molecule has 0 saturated carbocycles. The topological polar surface area (TPSA) is 164 Å². The molecular formula is C16H17FN6O6. The van der Waals surface area contributed by atoms with Crippen molar-refractivity contribution in [3.05, 3.63) is 16.7 Å². The molecule has 2 N–H and O–H groups in total. The molecule has 13 heteroatoms. The third-order valence-corrected chi connectivity index (χ3v) is 4.23. The minimum atomic E-state index is -1.90. The Morgan fingerprint density at radius 2 is 2.14 bits per heavy atom. The minimum Gasteiger partial charge on any atom is -0.463 e. The number of nitrogen functional groups attached to an aromatic ring is 1. The van der Waals surface area contributed by atoms with E-state index in [1.165, 1.54) is 6.20 Å². The number of carbonyl (C=O) groups excluding carboxylic acids is 2. The Morgan fingerprint density at radius 3 is 2.76 bits per heavy atom. The van der Waals surface area contributed by atoms with Gasteiger partial charge in [0.15, 0.2) is 24.2 Å². The second kappa shape index (κ2) is 7.84. The van der Waals surface area contributed by atoms with Crippen molar-refractivity contribution in [1.82, 2.24) is 19.1 Å². The van der Waals surface area contributed by atoms with Gasteiger partial charge in [0, 0.05) is 13.8 Å². The van der Waals surface area contributed by atoms with Gasteiger partial charge in [-0.2, -0.15) is 10.2 Å². The highest BCUT2D eigenvalue weighted by Gasteiger charge is 2.50. The van der Waals surface area contributed by atoms with Crippen molar-refractivity contribution >= 4 is 29.1 Å². The molecule has 4 atom stereocenters. The third kappa shape index (κ3) is 3.74. The Labute approximate surface area is 162 Å². The summed E-state index contributed by atoms with van der Waals surface area (Å²) in [6.45, 7) is 1.43. The maximum atomic E-state index is 14.9. The molecule has 0 unspecified atom stereocenters. The summed E-state index contributed by atoms with van der Waals surface area (Å²) < 4.78 is 32.3. The molecule has 1 fully saturated rings. The number of hydrogen-bond acceptors (Lipinski definition) is 10. The maximum absolute atomic E-state index is 14.9. The van der Waals surface area contributed by atoms with Crippen molar-refractivity contribution in [1.29, 1.82) is 5.26 Å². The van der Waals surface area contributed by atoms with E-state index in [4.69, 9.17) is 25.2 Å². The molecule has 0 bridgehead atoms. The van der Waals surface area contributed by atoms with Gasteiger partial charge < -0.3 is 19.9 Å². The van der Waals surface area contributed by atoms with Crippen molar-refractivity contribution in [3.8, 4) is 6.07 Å². The summed E-state index contributed by atoms with van der Waals surface area (Å²) in [6.07, 6.45) is -4.91. The van der Waals surface area contributed by atoms with Gasteiger partial charge in [-0.3, -0.25) is 14.2 Å². The minimum absolute atomic E-state index is 0.0276. The molecule has 0 amide bonds. The number of ether oxygens (including phenoxy) is 3. The number of anilines is 1. The molecule has 154 valence electrons. The number of nitriles is 1. The zero-order chi connectivity index (χ0) is 21.3. The number of aromatic nitrogens is 4. The second-order valence-electron chi connectivity index (χ2n) is 6.22. The van der Waals surface area contributed by atoms with Crippen LogP contribution in [0.25, 0.3) is 11.2 Å². The first-order chi connectivity index (χ1) is 13.7. The molecular weight excluding hydrogens is 391 g/mol. The SMILES string of the molecule is CC(=O)OC[C@H]1O[C@@H](n2c(=O)n(CC#N)c3cnc(N)nc32)[C@H](OC(C)=O)[C@@H]1F. The third-order valence-electron chi connectivity index (χ3n) is 4.23. The van der Waals surface area contributed by atoms with Crippen LogP contribution in [-0.2, 0) is 30.3 Å². The lowest BCUT2D eigenvalue weighted by Gasteiger charge is -2.19. The summed E-state index contributed by atoms with van der Waals surface area (Å²) >= 11 is 0. The van der Waals surface area contributed by atoms with E-state index < -0.39 is 48.8 Å². The predicted molar refractivity (Wildman–Crippen MR) is 92.8 cm³/mol. The molecule has 3 heterocycles. The van der Waals surface area contributed by atoms with Crippen LogP contribution in [0.15, 0.2) is 11.0 Å². The van der Waals surface area contributed by atoms with Crippen molar-refractivity contribution in [2.24, 2.45) is 0 Å². The molecule has 0 radical (unpaired) electrons. The van der Waals surface area contributed by atoms with Crippen LogP contribution < -0.4 is 11.4 Å². The van der Waals surface area contributed by atoms with Gasteiger partial charge in [0.25, 0.3) is 0 Å². The number of hydrogen-bond donors (Lipinski definition) is 1. The summed E-state index contributed by atoms with van der Waals surface area (Å²) in [5.74, 6) is -1.63. The van der Waals surface area contributed by atoms with E-state index in [2.05, 4.69) is 9.97 Å². The van der Waals surface area contributed by atoms with E-state index in [0.29, 0.717) is 0 Å². The second-order valence-corrected chi connectivity index (χ2v) is 6.22. The lowest BCUT2D eigenvalue weighted by atomic mass is 10.1. The molecule has 2 aromatic heterocycles. The van der Waals surface area contributed by atoms with Crippen LogP contribution in [0, 0.1) is 11.3 Å². The average Bonchev–Trinajstić information content (AvgIpc) is 3.08. The van der Waals surface area contributed by atoms with E-state index >= 15 is 0 Å². The highest BCUT2D eigenvalue weighted by atomic mass is 19.1. The Bertz CT molecular complexity index is 1060. The summed E-state index contributed by atoms with van der Waals surface area (Å²) in [4.78, 5) is 43.3. The number of fused-ring (bicyclic) bond motifs is 1. The number of nitrogens with two attached hydrogens (primary N) is 1. The van der Waals surface area contributed by atoms with Gasteiger partial charge in [0.05, 0.1) is 12.3 Å². The van der Waals surface area contributed by atoms with E-state index in [1.807, 2.05) is 6.07 Å². The van der Waals surface area contributed by atoms with Crippen LogP contribution >= 0.6 is 0 Å². The average molecular weight is 408 g/mol. The standard InChI is InChI=1S/C16H17FN6O6/c1-7(24)27-6-10-11(17)12(28-8(2)25)14(29-10)23-13-9(5-20-15(19)21-13)22(4-3-18)16(23)26/h5,10-12,14H,4,6H2,1-2H3,(H2,19,20,21)/t10-,11-,12-,14-/m1/s1. The Hall–Kier alpha value is -3.53. The normalized spacial score (nSPS) is 23.7. The molecule has 1 aliphatic rings. The van der Waals surface area contributed by atoms with E-state index in [1.54, 1.807) is 0 Å². The van der Waals surface area contributed by atoms with Gasteiger partial charge in [-0.15, -0.1) is 0 Å². The summed E-state index contributed by atoms with van der Waals surface area (Å²) in [5, 5.41) is 9.02. The first-order valence-electron chi connectivity index (χ1n) is 8.45. The Balaban J connectivity index is 2.12. The smallest absolute Gasteiger partial charge is 0.333 e. The molecule has 0 aliphatic carbocycles. The zero-order valence-electron chi connectivity index (χ0n) is 15.4. The maximum Gasteiger partial charge on any atom is 0.333 e. The molecule has 12 nitrogen and oxygen atoms in total. The molecule has 2 aromatic rings. The monoisotopic (exact) mass is 408 g/mol. The molecule has 3 rings (SSSR count). The fourth-order valence-electron chi connectivity index (χ4n) is 3.08. The molecule has 1 saturated heterocycles. The molecule has 0 aromatic carbocycles. The number of esters is 2. The number of imidazole rings is 1. The number of carbonyl (C=O) groups is 2. The van der Waals surface area contributed by atoms with Gasteiger partial charge in [0.1, 0.15) is 24.8 Å². The van der Waals surface area contributed by atoms with Crippen LogP contribution in [0.5, 0.6) is 0 Å². The summed E-state index contributed by atoms with van der Waals surface area (Å²) in [6, 6.07) is 1.83. The fraction of sp³-hybridized carbons (Fsp3) is 0.500. The van der Waals surface area contributed by atoms with Crippen LogP contribution in [-0.4, -0.2) is 56.0 Å². The number of alkyl halides is 1. The van der Waals surface area contributed by atoms with E-state index in [0.717, 1.165) is 23.0 Å². The van der Waals surface area contributed by atoms with Crippen LogP contribution in [0.2, 0.25) is 0 Å². The first-order valence-corrected chi connectivity index (χ1v) is 8.45. The van der Waals surface area contributed by atoms with Gasteiger partial charge >= 0.3 is 17.6 Å². The Morgan fingerprint density at radius 1 is 1.41 bits per heavy atom. The van der Waals surface area contributed by atoms with Crippen molar-refractivity contribution in [2.45, 2.75) is 45.0 Å². The van der Waals surface area contributed by atoms with Crippen molar-refractivity contribution in [3.63, 3.8) is 0 Å². The highest BCUT2D eigenvalue weighted by molar-refractivity contribution is 5.72. The number of halogens is 1. The van der Waals surface area contributed by atoms with Gasteiger partial charge in [0.2, 0.25) is 5.95 Å². The fourth-order valence-corrected chi connectivity index (χ4v) is 3.08. The van der Waals surface area contributed by atoms with Gasteiger partial charge in [-0.05, 0) is 0 Å². The number of nitrogens with zero attached hydrogens (tertiary/aromatic N) is 5. The van der Waals surface area contributed by atoms with Crippen molar-refractivity contribution < 1.29 is 28.2 Å². The van der Waals surface area contributed by atoms with E-state index in [-0.39, 0.29) is 23.7 Å². The summed E-state index contributed by atoms with van der Waals surface area (Å²) in [7, 11) is 0. The molecule has 0 spiro atoms. The lowest BCUT2D eigenvalue weighted by molar-refractivity contribution is -0.154.